The van der Waals surface area contributed by atoms with Gasteiger partial charge < -0.3 is 4.74 Å². The highest BCUT2D eigenvalue weighted by atomic mass is 16.5. The van der Waals surface area contributed by atoms with Crippen molar-refractivity contribution >= 4 is 21.8 Å². The number of benzene rings is 4. The molecule has 1 N–H and O–H groups in total. The monoisotopic (exact) mass is 365 g/mol. The molecule has 3 nitrogen and oxygen atoms in total. The number of ether oxygens (including phenoxy) is 1. The molecule has 4 aromatic carbocycles. The van der Waals surface area contributed by atoms with E-state index in [1.54, 1.807) is 0 Å². The number of rotatable bonds is 5. The zero-order valence-corrected chi connectivity index (χ0v) is 15.5. The van der Waals surface area contributed by atoms with Crippen molar-refractivity contribution in [2.45, 2.75) is 13.2 Å². The topological polar surface area (TPSA) is 28.9 Å². The zero-order chi connectivity index (χ0) is 18.8. The number of aromatic amines is 1. The van der Waals surface area contributed by atoms with Crippen molar-refractivity contribution < 1.29 is 9.30 Å². The summed E-state index contributed by atoms with van der Waals surface area (Å²) < 4.78 is 8.45. The standard InChI is InChI=1S/C25H20N2O/c1-2-8-19(9-3-1)17-27-24-13-7-6-12-23(24)26-25(27)18-28-22-15-14-20-10-4-5-11-21(20)16-22/h1-16H,17-18H2/p+1. The van der Waals surface area contributed by atoms with Crippen LogP contribution in [0.25, 0.3) is 21.8 Å². The lowest BCUT2D eigenvalue weighted by atomic mass is 10.1. The van der Waals surface area contributed by atoms with Crippen molar-refractivity contribution in [2.24, 2.45) is 0 Å². The summed E-state index contributed by atoms with van der Waals surface area (Å²) in [6.45, 7) is 1.29. The van der Waals surface area contributed by atoms with Crippen LogP contribution in [-0.4, -0.2) is 4.98 Å². The maximum absolute atomic E-state index is 6.16. The van der Waals surface area contributed by atoms with Crippen LogP contribution in [0.4, 0.5) is 0 Å². The summed E-state index contributed by atoms with van der Waals surface area (Å²) in [5, 5.41) is 2.41. The summed E-state index contributed by atoms with van der Waals surface area (Å²) in [7, 11) is 0. The van der Waals surface area contributed by atoms with Gasteiger partial charge in [-0.25, -0.2) is 9.55 Å². The second-order valence-corrected chi connectivity index (χ2v) is 6.96. The van der Waals surface area contributed by atoms with Gasteiger partial charge in [0.1, 0.15) is 12.3 Å². The van der Waals surface area contributed by atoms with Gasteiger partial charge in [0.05, 0.1) is 0 Å². The number of hydrogen-bond donors (Lipinski definition) is 1. The first-order chi connectivity index (χ1) is 13.9. The average molecular weight is 365 g/mol. The number of fused-ring (bicyclic) bond motifs is 2. The quantitative estimate of drug-likeness (QED) is 0.424. The molecule has 136 valence electrons. The van der Waals surface area contributed by atoms with Gasteiger partial charge in [-0.1, -0.05) is 72.8 Å². The molecular formula is C25H21N2O+. The van der Waals surface area contributed by atoms with E-state index in [-0.39, 0.29) is 0 Å². The first-order valence-corrected chi connectivity index (χ1v) is 9.52. The fourth-order valence-corrected chi connectivity index (χ4v) is 3.65. The number of nitrogens with one attached hydrogen (secondary N) is 1. The fourth-order valence-electron chi connectivity index (χ4n) is 3.65. The molecule has 0 saturated carbocycles. The second kappa shape index (κ2) is 7.20. The molecule has 1 aromatic heterocycles. The van der Waals surface area contributed by atoms with E-state index in [0.29, 0.717) is 6.61 Å². The Bertz CT molecular complexity index is 1240. The maximum Gasteiger partial charge on any atom is 0.294 e. The average Bonchev–Trinajstić information content (AvgIpc) is 3.10. The number of H-pyrrole nitrogens is 1. The lowest BCUT2D eigenvalue weighted by molar-refractivity contribution is -0.671. The lowest BCUT2D eigenvalue weighted by Gasteiger charge is -2.07. The van der Waals surface area contributed by atoms with Crippen LogP contribution in [0, 0.1) is 0 Å². The molecule has 0 spiro atoms. The van der Waals surface area contributed by atoms with Crippen LogP contribution < -0.4 is 9.30 Å². The largest absolute Gasteiger partial charge is 0.481 e. The van der Waals surface area contributed by atoms with E-state index in [9.17, 15) is 0 Å². The molecule has 1 heterocycles. The number of aromatic nitrogens is 2. The fraction of sp³-hybridized carbons (Fsp3) is 0.0800. The predicted octanol–water partition coefficient (Wildman–Crippen LogP) is 5.24. The number of imidazole rings is 1. The minimum atomic E-state index is 0.486. The van der Waals surface area contributed by atoms with Gasteiger partial charge in [-0.2, -0.15) is 0 Å². The molecule has 0 aliphatic carbocycles. The molecule has 0 aliphatic rings. The molecule has 0 saturated heterocycles. The van der Waals surface area contributed by atoms with E-state index in [2.05, 4.69) is 94.5 Å². The number of para-hydroxylation sites is 2. The van der Waals surface area contributed by atoms with Crippen LogP contribution in [0.3, 0.4) is 0 Å². The van der Waals surface area contributed by atoms with Gasteiger partial charge in [-0.15, -0.1) is 0 Å². The summed E-state index contributed by atoms with van der Waals surface area (Å²) in [5.74, 6) is 1.93. The lowest BCUT2D eigenvalue weighted by Crippen LogP contribution is -2.38. The van der Waals surface area contributed by atoms with Crippen molar-refractivity contribution in [1.82, 2.24) is 4.98 Å². The Balaban J connectivity index is 1.46. The molecule has 0 fully saturated rings. The Morgan fingerprint density at radius 1 is 0.714 bits per heavy atom. The molecule has 3 heteroatoms. The van der Waals surface area contributed by atoms with Gasteiger partial charge in [0.2, 0.25) is 0 Å². The molecule has 0 bridgehead atoms. The van der Waals surface area contributed by atoms with E-state index in [0.717, 1.165) is 23.6 Å². The van der Waals surface area contributed by atoms with Crippen molar-refractivity contribution in [3.63, 3.8) is 0 Å². The summed E-state index contributed by atoms with van der Waals surface area (Å²) in [6.07, 6.45) is 0. The number of nitrogens with zero attached hydrogens (tertiary/aromatic N) is 1. The molecule has 5 rings (SSSR count). The molecule has 28 heavy (non-hydrogen) atoms. The van der Waals surface area contributed by atoms with Crippen molar-refractivity contribution in [3.8, 4) is 5.75 Å². The predicted molar refractivity (Wildman–Crippen MR) is 112 cm³/mol. The van der Waals surface area contributed by atoms with Gasteiger partial charge in [-0.05, 0) is 40.6 Å². The molecule has 5 aromatic rings. The van der Waals surface area contributed by atoms with Gasteiger partial charge in [-0.3, -0.25) is 0 Å². The Morgan fingerprint density at radius 3 is 2.36 bits per heavy atom. The van der Waals surface area contributed by atoms with E-state index in [1.807, 2.05) is 12.1 Å². The third kappa shape index (κ3) is 3.23. The first kappa shape index (κ1) is 16.6. The summed E-state index contributed by atoms with van der Waals surface area (Å²) in [5.41, 5.74) is 3.57. The van der Waals surface area contributed by atoms with Crippen LogP contribution in [0.1, 0.15) is 11.4 Å². The highest BCUT2D eigenvalue weighted by molar-refractivity contribution is 5.83. The molecule has 0 atom stereocenters. The minimum absolute atomic E-state index is 0.486. The first-order valence-electron chi connectivity index (χ1n) is 9.52. The smallest absolute Gasteiger partial charge is 0.294 e. The summed E-state index contributed by atoms with van der Waals surface area (Å²) in [4.78, 5) is 3.53. The van der Waals surface area contributed by atoms with Crippen LogP contribution in [0.15, 0.2) is 97.1 Å². The van der Waals surface area contributed by atoms with Gasteiger partial charge >= 0.3 is 0 Å². The van der Waals surface area contributed by atoms with E-state index >= 15 is 0 Å². The maximum atomic E-state index is 6.16. The highest BCUT2D eigenvalue weighted by Gasteiger charge is 2.19. The van der Waals surface area contributed by atoms with Gasteiger partial charge in [0.15, 0.2) is 17.6 Å². The molecule has 0 amide bonds. The third-order valence-corrected chi connectivity index (χ3v) is 5.08. The molecule has 0 aliphatic heterocycles. The van der Waals surface area contributed by atoms with Crippen molar-refractivity contribution in [1.29, 1.82) is 0 Å². The van der Waals surface area contributed by atoms with Crippen LogP contribution in [-0.2, 0) is 13.2 Å². The van der Waals surface area contributed by atoms with E-state index in [4.69, 9.17) is 4.74 Å². The molecule has 0 unspecified atom stereocenters. The molecule has 0 radical (unpaired) electrons. The summed E-state index contributed by atoms with van der Waals surface area (Å²) in [6, 6.07) is 33.5. The number of hydrogen-bond acceptors (Lipinski definition) is 1. The Kier molecular flexibility index (Phi) is 4.26. The van der Waals surface area contributed by atoms with Gasteiger partial charge in [0, 0.05) is 0 Å². The van der Waals surface area contributed by atoms with Crippen molar-refractivity contribution in [3.05, 3.63) is 108 Å². The molecular weight excluding hydrogens is 344 g/mol. The Labute approximate surface area is 163 Å². The zero-order valence-electron chi connectivity index (χ0n) is 15.5. The van der Waals surface area contributed by atoms with E-state index in [1.165, 1.54) is 21.9 Å². The van der Waals surface area contributed by atoms with Crippen LogP contribution in [0.5, 0.6) is 5.75 Å². The van der Waals surface area contributed by atoms with Gasteiger partial charge in [0.25, 0.3) is 5.82 Å². The Morgan fingerprint density at radius 2 is 1.46 bits per heavy atom. The second-order valence-electron chi connectivity index (χ2n) is 6.96. The van der Waals surface area contributed by atoms with Crippen LogP contribution in [0.2, 0.25) is 0 Å². The van der Waals surface area contributed by atoms with Crippen LogP contribution >= 0.6 is 0 Å². The SMILES string of the molecule is c1ccc(C[n+]2c(COc3ccc4ccccc4c3)[nH]c3ccccc32)cc1. The Hall–Kier alpha value is -3.59. The third-order valence-electron chi connectivity index (χ3n) is 5.08. The van der Waals surface area contributed by atoms with Crippen molar-refractivity contribution in [2.75, 3.05) is 0 Å². The normalized spacial score (nSPS) is 11.1. The van der Waals surface area contributed by atoms with E-state index < -0.39 is 0 Å². The minimum Gasteiger partial charge on any atom is -0.481 e. The highest BCUT2D eigenvalue weighted by Crippen LogP contribution is 2.21. The summed E-state index contributed by atoms with van der Waals surface area (Å²) >= 11 is 0.